The van der Waals surface area contributed by atoms with Crippen LogP contribution in [0.4, 0.5) is 0 Å². The third-order valence-corrected chi connectivity index (χ3v) is 14.0. The maximum Gasteiger partial charge on any atom is 0.220 e. The number of unbranched alkanes of at least 4 members (excludes halogenated alkanes) is 14. The van der Waals surface area contributed by atoms with Crippen LogP contribution in [-0.2, 0) is 33.2 Å². The smallest absolute Gasteiger partial charge is 0.220 e. The van der Waals surface area contributed by atoms with E-state index in [0.717, 1.165) is 64.2 Å². The van der Waals surface area contributed by atoms with Gasteiger partial charge < -0.3 is 89.9 Å². The lowest BCUT2D eigenvalue weighted by molar-refractivity contribution is -0.379. The van der Waals surface area contributed by atoms with Crippen LogP contribution < -0.4 is 5.32 Å². The van der Waals surface area contributed by atoms with Gasteiger partial charge in [0.25, 0.3) is 0 Å². The average molecular weight is 1100 g/mol. The molecule has 17 unspecified atom stereocenters. The molecule has 0 aromatic heterocycles. The molecule has 3 aliphatic heterocycles. The highest BCUT2D eigenvalue weighted by atomic mass is 16.8. The maximum absolute atomic E-state index is 13.1. The number of rotatable bonds is 40. The van der Waals surface area contributed by atoms with Crippen LogP contribution in [0.2, 0.25) is 0 Å². The third kappa shape index (κ3) is 25.7. The van der Waals surface area contributed by atoms with E-state index in [-0.39, 0.29) is 18.9 Å². The minimum absolute atomic E-state index is 0.235. The van der Waals surface area contributed by atoms with Crippen molar-refractivity contribution >= 4 is 5.91 Å². The van der Waals surface area contributed by atoms with E-state index in [9.17, 15) is 61.0 Å². The monoisotopic (exact) mass is 1100 g/mol. The Morgan fingerprint density at radius 2 is 0.896 bits per heavy atom. The van der Waals surface area contributed by atoms with Crippen molar-refractivity contribution < 1.29 is 89.4 Å². The number of carbonyl (C=O) groups is 1. The topological polar surface area (TPSA) is 307 Å². The fourth-order valence-electron chi connectivity index (χ4n) is 9.28. The van der Waals surface area contributed by atoms with Crippen LogP contribution in [0.15, 0.2) is 72.9 Å². The maximum atomic E-state index is 13.1. The minimum atomic E-state index is -1.98. The largest absolute Gasteiger partial charge is 0.394 e. The Hall–Kier alpha value is -2.77. The van der Waals surface area contributed by atoms with Gasteiger partial charge in [0.05, 0.1) is 38.6 Å². The van der Waals surface area contributed by atoms with Crippen molar-refractivity contribution in [1.82, 2.24) is 5.32 Å². The van der Waals surface area contributed by atoms with Gasteiger partial charge in [-0.25, -0.2) is 0 Å². The molecular weight excluding hydrogens is 999 g/mol. The predicted molar refractivity (Wildman–Crippen MR) is 291 cm³/mol. The molecule has 3 saturated heterocycles. The van der Waals surface area contributed by atoms with Gasteiger partial charge in [0.15, 0.2) is 18.9 Å². The van der Waals surface area contributed by atoms with Gasteiger partial charge in [-0.3, -0.25) is 4.79 Å². The molecule has 3 rings (SSSR count). The summed E-state index contributed by atoms with van der Waals surface area (Å²) in [6.45, 7) is 1.34. The lowest BCUT2D eigenvalue weighted by atomic mass is 9.96. The number of hydrogen-bond acceptors (Lipinski definition) is 18. The van der Waals surface area contributed by atoms with Gasteiger partial charge in [0, 0.05) is 6.42 Å². The molecule has 3 fully saturated rings. The Balaban J connectivity index is 1.31. The molecule has 19 heteroatoms. The van der Waals surface area contributed by atoms with Crippen LogP contribution in [0.1, 0.15) is 155 Å². The van der Waals surface area contributed by atoms with Gasteiger partial charge in [0.2, 0.25) is 5.91 Å². The van der Waals surface area contributed by atoms with E-state index in [2.05, 4.69) is 73.0 Å². The van der Waals surface area contributed by atoms with Gasteiger partial charge in [0.1, 0.15) is 73.2 Å². The molecule has 0 saturated carbocycles. The first-order valence-electron chi connectivity index (χ1n) is 28.7. The number of amides is 1. The second-order valence-electron chi connectivity index (χ2n) is 20.4. The van der Waals surface area contributed by atoms with Crippen molar-refractivity contribution in [2.75, 3.05) is 26.4 Å². The lowest BCUT2D eigenvalue weighted by Gasteiger charge is -2.48. The van der Waals surface area contributed by atoms with Gasteiger partial charge in [-0.1, -0.05) is 164 Å². The third-order valence-electron chi connectivity index (χ3n) is 14.0. The van der Waals surface area contributed by atoms with Gasteiger partial charge in [-0.15, -0.1) is 0 Å². The number of nitrogens with one attached hydrogen (secondary N) is 1. The summed E-state index contributed by atoms with van der Waals surface area (Å²) in [4.78, 5) is 13.1. The first kappa shape index (κ1) is 68.5. The summed E-state index contributed by atoms with van der Waals surface area (Å²) < 4.78 is 33.9. The highest BCUT2D eigenvalue weighted by Gasteiger charge is 2.53. The first-order valence-corrected chi connectivity index (χ1v) is 28.7. The number of aliphatic hydroxyl groups excluding tert-OH is 11. The molecule has 0 aliphatic carbocycles. The molecule has 0 aromatic carbocycles. The summed E-state index contributed by atoms with van der Waals surface area (Å²) in [5, 5.41) is 119. The van der Waals surface area contributed by atoms with E-state index in [1.54, 1.807) is 12.2 Å². The summed E-state index contributed by atoms with van der Waals surface area (Å²) >= 11 is 0. The van der Waals surface area contributed by atoms with Crippen LogP contribution in [0.25, 0.3) is 0 Å². The van der Waals surface area contributed by atoms with Crippen molar-refractivity contribution in [3.05, 3.63) is 72.9 Å². The first-order chi connectivity index (χ1) is 37.3. The zero-order chi connectivity index (χ0) is 56.2. The Bertz CT molecular complexity index is 1690. The van der Waals surface area contributed by atoms with Crippen molar-refractivity contribution in [1.29, 1.82) is 0 Å². The Morgan fingerprint density at radius 3 is 1.38 bits per heavy atom. The number of hydrogen-bond donors (Lipinski definition) is 12. The van der Waals surface area contributed by atoms with Crippen LogP contribution in [-0.4, -0.2) is 193 Å². The molecule has 0 radical (unpaired) electrons. The van der Waals surface area contributed by atoms with Gasteiger partial charge in [-0.2, -0.15) is 0 Å². The molecule has 0 spiro atoms. The molecule has 3 heterocycles. The summed E-state index contributed by atoms with van der Waals surface area (Å²) in [6.07, 6.45) is 21.8. The number of ether oxygens (including phenoxy) is 6. The lowest BCUT2D eigenvalue weighted by Crippen LogP contribution is -2.66. The average Bonchev–Trinajstić information content (AvgIpc) is 3.43. The SMILES string of the molecule is CC/C=C\C/C=C\C/C=C\C/C=C\C/C=C\CCCCCCCCCCCCCCCC(=O)NC(COC1OC(CO)C(OC2OC(CO)C(OC3OC(CO)C(O)C(O)C3O)C(O)C2O)C(O)C1O)C(O)/C=C/CCC. The van der Waals surface area contributed by atoms with E-state index in [4.69, 9.17) is 28.4 Å². The fourth-order valence-corrected chi connectivity index (χ4v) is 9.28. The Morgan fingerprint density at radius 1 is 0.481 bits per heavy atom. The molecule has 77 heavy (non-hydrogen) atoms. The quantitative estimate of drug-likeness (QED) is 0.0301. The van der Waals surface area contributed by atoms with Crippen LogP contribution in [0.5, 0.6) is 0 Å². The number of aliphatic hydroxyl groups is 11. The molecular formula is C58H99NO18. The second kappa shape index (κ2) is 41.3. The van der Waals surface area contributed by atoms with E-state index in [1.807, 2.05) is 6.92 Å². The summed E-state index contributed by atoms with van der Waals surface area (Å²) in [5.74, 6) is -0.294. The normalized spacial score (nSPS) is 31.3. The van der Waals surface area contributed by atoms with Crippen molar-refractivity contribution in [3.8, 4) is 0 Å². The number of carbonyl (C=O) groups excluding carboxylic acids is 1. The summed E-state index contributed by atoms with van der Waals surface area (Å²) in [5.41, 5.74) is 0. The molecule has 1 amide bonds. The Kier molecular flexibility index (Phi) is 36.7. The zero-order valence-electron chi connectivity index (χ0n) is 45.9. The second-order valence-corrected chi connectivity index (χ2v) is 20.4. The highest BCUT2D eigenvalue weighted by molar-refractivity contribution is 5.76. The van der Waals surface area contributed by atoms with E-state index >= 15 is 0 Å². The molecule has 0 bridgehead atoms. The van der Waals surface area contributed by atoms with Crippen LogP contribution in [0.3, 0.4) is 0 Å². The summed E-state index contributed by atoms with van der Waals surface area (Å²) in [7, 11) is 0. The zero-order valence-corrected chi connectivity index (χ0v) is 45.9. The van der Waals surface area contributed by atoms with Gasteiger partial charge >= 0.3 is 0 Å². The van der Waals surface area contributed by atoms with Gasteiger partial charge in [-0.05, 0) is 57.8 Å². The minimum Gasteiger partial charge on any atom is -0.394 e. The van der Waals surface area contributed by atoms with Crippen molar-refractivity contribution in [3.63, 3.8) is 0 Å². The molecule has 444 valence electrons. The summed E-state index contributed by atoms with van der Waals surface area (Å²) in [6, 6.07) is -0.972. The van der Waals surface area contributed by atoms with E-state index < -0.39 is 124 Å². The highest BCUT2D eigenvalue weighted by Crippen LogP contribution is 2.33. The Labute approximate surface area is 458 Å². The fraction of sp³-hybridized carbons (Fsp3) is 0.776. The van der Waals surface area contributed by atoms with Crippen molar-refractivity contribution in [2.45, 2.75) is 259 Å². The van der Waals surface area contributed by atoms with Crippen LogP contribution >= 0.6 is 0 Å². The van der Waals surface area contributed by atoms with Crippen LogP contribution in [0, 0.1) is 0 Å². The molecule has 3 aliphatic rings. The predicted octanol–water partition coefficient (Wildman–Crippen LogP) is 4.26. The van der Waals surface area contributed by atoms with E-state index in [0.29, 0.717) is 12.8 Å². The number of allylic oxidation sites excluding steroid dienone is 11. The molecule has 0 aromatic rings. The van der Waals surface area contributed by atoms with Crippen molar-refractivity contribution in [2.24, 2.45) is 0 Å². The molecule has 19 nitrogen and oxygen atoms in total. The standard InChI is InChI=1S/C58H99NO18/c1-3-5-7-8-9-10-11-12-13-14-15-16-17-18-19-20-21-22-23-24-25-26-27-28-29-30-31-32-34-36-46(64)59-41(42(63)35-33-6-4-2)40-72-56-52(70)49(67)54(44(38-61)74-56)77-58-53(71)50(68)55(45(39-62)75-58)76-57-51(69)48(66)47(65)43(37-60)73-57/h5,7,9-10,12-13,15-16,18-19,33,35,41-45,47-58,60-63,65-71H,3-4,6,8,11,14,17,20-32,34,36-40H2,1-2H3,(H,59,64)/b7-5-,10-9-,13-12-,16-15-,19-18-,35-33+. The van der Waals surface area contributed by atoms with E-state index in [1.165, 1.54) is 57.8 Å². The molecule has 17 atom stereocenters. The molecule has 12 N–H and O–H groups in total.